The molecular weight excluding hydrogens is 266 g/mol. The van der Waals surface area contributed by atoms with Crippen LogP contribution in [0.3, 0.4) is 0 Å². The van der Waals surface area contributed by atoms with Gasteiger partial charge in [0.05, 0.1) is 12.0 Å². The van der Waals surface area contributed by atoms with E-state index in [9.17, 15) is 9.59 Å². The minimum Gasteiger partial charge on any atom is -0.399 e. The Morgan fingerprint density at radius 1 is 1.43 bits per heavy atom. The van der Waals surface area contributed by atoms with E-state index in [0.717, 1.165) is 24.9 Å². The summed E-state index contributed by atoms with van der Waals surface area (Å²) in [6, 6.07) is 7.40. The smallest absolute Gasteiger partial charge is 0.246 e. The molecule has 0 aromatic heterocycles. The summed E-state index contributed by atoms with van der Waals surface area (Å²) in [6.45, 7) is 1.29. The van der Waals surface area contributed by atoms with Gasteiger partial charge in [-0.25, -0.2) is 0 Å². The summed E-state index contributed by atoms with van der Waals surface area (Å²) in [5.41, 5.74) is 7.29. The number of carbonyl (C=O) groups excluding carboxylic acids is 2. The van der Waals surface area contributed by atoms with E-state index in [0.29, 0.717) is 12.2 Å². The van der Waals surface area contributed by atoms with Crippen molar-refractivity contribution in [2.24, 2.45) is 5.92 Å². The first-order valence-corrected chi connectivity index (χ1v) is 7.27. The maximum atomic E-state index is 12.4. The van der Waals surface area contributed by atoms with Crippen LogP contribution in [0.5, 0.6) is 0 Å². The molecule has 0 aliphatic carbocycles. The Morgan fingerprint density at radius 3 is 3.10 bits per heavy atom. The Balaban J connectivity index is 1.71. The van der Waals surface area contributed by atoms with Gasteiger partial charge in [0.2, 0.25) is 11.8 Å². The molecule has 1 aromatic carbocycles. The highest BCUT2D eigenvalue weighted by Crippen LogP contribution is 2.27. The summed E-state index contributed by atoms with van der Waals surface area (Å²) in [6.07, 6.45) is 5.10. The van der Waals surface area contributed by atoms with Crippen LogP contribution in [0.15, 0.2) is 30.3 Å². The molecule has 110 valence electrons. The normalized spacial score (nSPS) is 25.0. The second-order valence-electron chi connectivity index (χ2n) is 5.60. The average Bonchev–Trinajstić information content (AvgIpc) is 2.87. The zero-order valence-electron chi connectivity index (χ0n) is 11.8. The van der Waals surface area contributed by atoms with Crippen LogP contribution in [0, 0.1) is 5.92 Å². The van der Waals surface area contributed by atoms with Crippen molar-refractivity contribution in [2.75, 3.05) is 18.8 Å². The molecule has 2 fully saturated rings. The predicted molar refractivity (Wildman–Crippen MR) is 81.1 cm³/mol. The molecule has 5 nitrogen and oxygen atoms in total. The van der Waals surface area contributed by atoms with Crippen LogP contribution in [0.4, 0.5) is 5.69 Å². The van der Waals surface area contributed by atoms with Crippen molar-refractivity contribution in [1.82, 2.24) is 10.2 Å². The third-order valence-electron chi connectivity index (χ3n) is 4.21. The van der Waals surface area contributed by atoms with Crippen molar-refractivity contribution in [3.63, 3.8) is 0 Å². The zero-order valence-corrected chi connectivity index (χ0v) is 11.8. The summed E-state index contributed by atoms with van der Waals surface area (Å²) < 4.78 is 0. The summed E-state index contributed by atoms with van der Waals surface area (Å²) in [5.74, 6) is 0.00408. The standard InChI is InChI=1S/C16H19N3O2/c17-12-4-1-3-11(9-12)6-7-15(20)19-8-2-5-13-14(19)10-18-16(13)21/h1,3-4,6-7,9,13-14H,2,5,8,10,17H2,(H,18,21)/b7-6+. The molecule has 0 saturated carbocycles. The number of nitrogens with zero attached hydrogens (tertiary/aromatic N) is 1. The van der Waals surface area contributed by atoms with Crippen molar-refractivity contribution in [3.8, 4) is 0 Å². The van der Waals surface area contributed by atoms with Gasteiger partial charge in [0, 0.05) is 24.9 Å². The van der Waals surface area contributed by atoms with Crippen LogP contribution < -0.4 is 11.1 Å². The number of piperidine rings is 1. The Labute approximate surface area is 123 Å². The van der Waals surface area contributed by atoms with Crippen molar-refractivity contribution < 1.29 is 9.59 Å². The molecular formula is C16H19N3O2. The third kappa shape index (κ3) is 2.77. The first-order chi connectivity index (χ1) is 10.1. The molecule has 2 amide bonds. The van der Waals surface area contributed by atoms with Crippen LogP contribution in [0.1, 0.15) is 18.4 Å². The van der Waals surface area contributed by atoms with Crippen LogP contribution in [0.25, 0.3) is 6.08 Å². The number of likely N-dealkylation sites (tertiary alicyclic amines) is 1. The van der Waals surface area contributed by atoms with E-state index >= 15 is 0 Å². The summed E-state index contributed by atoms with van der Waals surface area (Å²) in [4.78, 5) is 25.9. The highest BCUT2D eigenvalue weighted by molar-refractivity contribution is 5.93. The lowest BCUT2D eigenvalue weighted by atomic mass is 9.91. The zero-order chi connectivity index (χ0) is 14.8. The number of nitrogens with two attached hydrogens (primary N) is 1. The monoisotopic (exact) mass is 285 g/mol. The van der Waals surface area contributed by atoms with Crippen molar-refractivity contribution in [3.05, 3.63) is 35.9 Å². The quantitative estimate of drug-likeness (QED) is 0.629. The SMILES string of the molecule is Nc1cccc(/C=C/C(=O)N2CCCC3C(=O)NCC32)c1. The Kier molecular flexibility index (Phi) is 3.64. The van der Waals surface area contributed by atoms with E-state index in [-0.39, 0.29) is 23.8 Å². The van der Waals surface area contributed by atoms with E-state index in [4.69, 9.17) is 5.73 Å². The maximum Gasteiger partial charge on any atom is 0.246 e. The predicted octanol–water partition coefficient (Wildman–Crippen LogP) is 1.02. The minimum absolute atomic E-state index is 0.00393. The van der Waals surface area contributed by atoms with Crippen LogP contribution in [0.2, 0.25) is 0 Å². The number of hydrogen-bond acceptors (Lipinski definition) is 3. The van der Waals surface area contributed by atoms with Gasteiger partial charge < -0.3 is 16.0 Å². The number of carbonyl (C=O) groups is 2. The Hall–Kier alpha value is -2.30. The lowest BCUT2D eigenvalue weighted by Gasteiger charge is -2.35. The maximum absolute atomic E-state index is 12.4. The molecule has 0 bridgehead atoms. The van der Waals surface area contributed by atoms with Crippen molar-refractivity contribution in [1.29, 1.82) is 0 Å². The molecule has 3 N–H and O–H groups in total. The number of fused-ring (bicyclic) bond motifs is 1. The lowest BCUT2D eigenvalue weighted by Crippen LogP contribution is -2.48. The minimum atomic E-state index is -0.0385. The van der Waals surface area contributed by atoms with Gasteiger partial charge in [-0.05, 0) is 36.6 Å². The molecule has 2 heterocycles. The fourth-order valence-electron chi connectivity index (χ4n) is 3.15. The number of nitrogen functional groups attached to an aromatic ring is 1. The molecule has 0 radical (unpaired) electrons. The first kappa shape index (κ1) is 13.7. The molecule has 2 aliphatic heterocycles. The highest BCUT2D eigenvalue weighted by atomic mass is 16.2. The molecule has 2 aliphatic rings. The van der Waals surface area contributed by atoms with E-state index in [1.54, 1.807) is 12.2 Å². The fraction of sp³-hybridized carbons (Fsp3) is 0.375. The molecule has 2 atom stereocenters. The van der Waals surface area contributed by atoms with E-state index < -0.39 is 0 Å². The summed E-state index contributed by atoms with van der Waals surface area (Å²) in [5, 5.41) is 2.85. The van der Waals surface area contributed by atoms with Gasteiger partial charge in [0.1, 0.15) is 0 Å². The van der Waals surface area contributed by atoms with Gasteiger partial charge in [-0.2, -0.15) is 0 Å². The van der Waals surface area contributed by atoms with Gasteiger partial charge in [-0.3, -0.25) is 9.59 Å². The number of benzene rings is 1. The molecule has 2 saturated heterocycles. The van der Waals surface area contributed by atoms with Crippen LogP contribution >= 0.6 is 0 Å². The summed E-state index contributed by atoms with van der Waals surface area (Å²) >= 11 is 0. The third-order valence-corrected chi connectivity index (χ3v) is 4.21. The summed E-state index contributed by atoms with van der Waals surface area (Å²) in [7, 11) is 0. The number of amides is 2. The lowest BCUT2D eigenvalue weighted by molar-refractivity contribution is -0.132. The largest absolute Gasteiger partial charge is 0.399 e. The number of hydrogen-bond donors (Lipinski definition) is 2. The second kappa shape index (κ2) is 5.60. The van der Waals surface area contributed by atoms with Crippen molar-refractivity contribution in [2.45, 2.75) is 18.9 Å². The van der Waals surface area contributed by atoms with E-state index in [2.05, 4.69) is 5.32 Å². The highest BCUT2D eigenvalue weighted by Gasteiger charge is 2.41. The first-order valence-electron chi connectivity index (χ1n) is 7.27. The van der Waals surface area contributed by atoms with Gasteiger partial charge >= 0.3 is 0 Å². The van der Waals surface area contributed by atoms with Crippen LogP contribution in [-0.2, 0) is 9.59 Å². The molecule has 1 aromatic rings. The van der Waals surface area contributed by atoms with E-state index in [1.165, 1.54) is 0 Å². The number of rotatable bonds is 2. The van der Waals surface area contributed by atoms with Gasteiger partial charge in [-0.15, -0.1) is 0 Å². The Morgan fingerprint density at radius 2 is 2.29 bits per heavy atom. The number of nitrogens with one attached hydrogen (secondary N) is 1. The topological polar surface area (TPSA) is 75.4 Å². The molecule has 3 rings (SSSR count). The molecule has 5 heteroatoms. The fourth-order valence-corrected chi connectivity index (χ4v) is 3.15. The molecule has 2 unspecified atom stereocenters. The van der Waals surface area contributed by atoms with Crippen LogP contribution in [-0.4, -0.2) is 35.8 Å². The van der Waals surface area contributed by atoms with Crippen molar-refractivity contribution >= 4 is 23.6 Å². The second-order valence-corrected chi connectivity index (χ2v) is 5.60. The Bertz CT molecular complexity index is 597. The van der Waals surface area contributed by atoms with Gasteiger partial charge in [0.15, 0.2) is 0 Å². The molecule has 21 heavy (non-hydrogen) atoms. The van der Waals surface area contributed by atoms with Gasteiger partial charge in [0.25, 0.3) is 0 Å². The van der Waals surface area contributed by atoms with Gasteiger partial charge in [-0.1, -0.05) is 12.1 Å². The van der Waals surface area contributed by atoms with E-state index in [1.807, 2.05) is 29.2 Å². The average molecular weight is 285 g/mol. The molecule has 0 spiro atoms. The number of anilines is 1.